The van der Waals surface area contributed by atoms with E-state index in [4.69, 9.17) is 4.74 Å². The monoisotopic (exact) mass is 396 g/mol. The highest BCUT2D eigenvalue weighted by Gasteiger charge is 2.08. The van der Waals surface area contributed by atoms with E-state index in [1.54, 1.807) is 6.08 Å². The van der Waals surface area contributed by atoms with E-state index in [0.717, 1.165) is 41.3 Å². The van der Waals surface area contributed by atoms with Gasteiger partial charge in [0.1, 0.15) is 0 Å². The Balaban J connectivity index is 1.41. The van der Waals surface area contributed by atoms with Gasteiger partial charge in [0.2, 0.25) is 0 Å². The van der Waals surface area contributed by atoms with Gasteiger partial charge < -0.3 is 4.74 Å². The predicted molar refractivity (Wildman–Crippen MR) is 126 cm³/mol. The molecular formula is C27H28N2O. The Kier molecular flexibility index (Phi) is 6.83. The standard InChI is InChI=1S/C27H28N2O/c1-2-19-30-20-6-4-3-5-8-21-10-12-22(13-11-21)24-16-18-29-27-25(24)15-14-23-9-7-17-28-26(23)27/h2,7,9-18H,1,3-6,8,19-20H2. The van der Waals surface area contributed by atoms with E-state index in [0.29, 0.717) is 6.61 Å². The molecule has 4 rings (SSSR count). The molecule has 0 amide bonds. The van der Waals surface area contributed by atoms with Crippen LogP contribution >= 0.6 is 0 Å². The lowest BCUT2D eigenvalue weighted by Gasteiger charge is -2.09. The predicted octanol–water partition coefficient (Wildman–Crippen LogP) is 6.76. The van der Waals surface area contributed by atoms with E-state index >= 15 is 0 Å². The van der Waals surface area contributed by atoms with Crippen LogP contribution < -0.4 is 0 Å². The summed E-state index contributed by atoms with van der Waals surface area (Å²) in [4.78, 5) is 9.17. The molecule has 3 heteroatoms. The zero-order valence-corrected chi connectivity index (χ0v) is 17.4. The van der Waals surface area contributed by atoms with Crippen LogP contribution in [0.5, 0.6) is 0 Å². The second-order valence-corrected chi connectivity index (χ2v) is 7.62. The molecule has 4 aromatic rings. The number of pyridine rings is 2. The number of aromatic nitrogens is 2. The highest BCUT2D eigenvalue weighted by atomic mass is 16.5. The number of fused-ring (bicyclic) bond motifs is 3. The van der Waals surface area contributed by atoms with Crippen LogP contribution in [0.15, 0.2) is 79.6 Å². The van der Waals surface area contributed by atoms with Crippen molar-refractivity contribution < 1.29 is 4.74 Å². The van der Waals surface area contributed by atoms with Gasteiger partial charge in [-0.25, -0.2) is 0 Å². The fraction of sp³-hybridized carbons (Fsp3) is 0.259. The van der Waals surface area contributed by atoms with Crippen molar-refractivity contribution in [2.75, 3.05) is 13.2 Å². The molecule has 2 aromatic heterocycles. The van der Waals surface area contributed by atoms with Crippen molar-refractivity contribution in [3.05, 3.63) is 85.2 Å². The largest absolute Gasteiger partial charge is 0.377 e. The molecule has 0 saturated heterocycles. The first-order valence-corrected chi connectivity index (χ1v) is 10.8. The Hall–Kier alpha value is -3.04. The highest BCUT2D eigenvalue weighted by Crippen LogP contribution is 2.31. The number of unbranched alkanes of at least 4 members (excludes halogenated alkanes) is 3. The number of aryl methyl sites for hydroxylation is 1. The minimum absolute atomic E-state index is 0.659. The lowest BCUT2D eigenvalue weighted by atomic mass is 9.98. The van der Waals surface area contributed by atoms with Gasteiger partial charge in [0.15, 0.2) is 0 Å². The molecule has 0 fully saturated rings. The topological polar surface area (TPSA) is 35.0 Å². The third kappa shape index (κ3) is 4.74. The molecule has 0 aliphatic heterocycles. The second-order valence-electron chi connectivity index (χ2n) is 7.62. The molecular weight excluding hydrogens is 368 g/mol. The average Bonchev–Trinajstić information content (AvgIpc) is 2.81. The maximum absolute atomic E-state index is 5.43. The third-order valence-electron chi connectivity index (χ3n) is 5.49. The van der Waals surface area contributed by atoms with Crippen molar-refractivity contribution in [3.63, 3.8) is 0 Å². The van der Waals surface area contributed by atoms with Crippen molar-refractivity contribution in [2.45, 2.75) is 32.1 Å². The molecule has 152 valence electrons. The van der Waals surface area contributed by atoms with Crippen LogP contribution in [-0.4, -0.2) is 23.2 Å². The van der Waals surface area contributed by atoms with Gasteiger partial charge in [0, 0.05) is 29.8 Å². The molecule has 30 heavy (non-hydrogen) atoms. The van der Waals surface area contributed by atoms with Gasteiger partial charge in [0.25, 0.3) is 0 Å². The second kappa shape index (κ2) is 10.1. The minimum atomic E-state index is 0.659. The Morgan fingerprint density at radius 1 is 0.800 bits per heavy atom. The van der Waals surface area contributed by atoms with Gasteiger partial charge in [-0.3, -0.25) is 9.97 Å². The van der Waals surface area contributed by atoms with Crippen LogP contribution in [0.25, 0.3) is 32.9 Å². The smallest absolute Gasteiger partial charge is 0.0970 e. The van der Waals surface area contributed by atoms with Gasteiger partial charge in [-0.1, -0.05) is 61.4 Å². The van der Waals surface area contributed by atoms with Crippen molar-refractivity contribution in [1.82, 2.24) is 9.97 Å². The summed E-state index contributed by atoms with van der Waals surface area (Å²) in [5.74, 6) is 0. The summed E-state index contributed by atoms with van der Waals surface area (Å²) >= 11 is 0. The van der Waals surface area contributed by atoms with Crippen LogP contribution in [0.4, 0.5) is 0 Å². The molecule has 2 heterocycles. The molecule has 0 saturated carbocycles. The SMILES string of the molecule is C=CCOCCCCCCc1ccc(-c2ccnc3c2ccc2cccnc23)cc1. The number of rotatable bonds is 10. The summed E-state index contributed by atoms with van der Waals surface area (Å²) in [5, 5.41) is 2.27. The van der Waals surface area contributed by atoms with E-state index in [-0.39, 0.29) is 0 Å². The van der Waals surface area contributed by atoms with Crippen LogP contribution in [0, 0.1) is 0 Å². The zero-order chi connectivity index (χ0) is 20.6. The number of hydrogen-bond acceptors (Lipinski definition) is 3. The zero-order valence-electron chi connectivity index (χ0n) is 17.4. The Bertz CT molecular complexity index is 1120. The Morgan fingerprint density at radius 2 is 1.63 bits per heavy atom. The number of benzene rings is 2. The summed E-state index contributed by atoms with van der Waals surface area (Å²) in [6.07, 6.45) is 11.5. The first kappa shape index (κ1) is 20.2. The molecule has 3 nitrogen and oxygen atoms in total. The van der Waals surface area contributed by atoms with Gasteiger partial charge in [-0.05, 0) is 48.1 Å². The van der Waals surface area contributed by atoms with Crippen LogP contribution in [0.2, 0.25) is 0 Å². The maximum atomic E-state index is 5.43. The van der Waals surface area contributed by atoms with E-state index < -0.39 is 0 Å². The molecule has 0 N–H and O–H groups in total. The van der Waals surface area contributed by atoms with Crippen molar-refractivity contribution in [3.8, 4) is 11.1 Å². The lowest BCUT2D eigenvalue weighted by Crippen LogP contribution is -1.94. The Morgan fingerprint density at radius 3 is 2.50 bits per heavy atom. The van der Waals surface area contributed by atoms with Crippen molar-refractivity contribution in [2.24, 2.45) is 0 Å². The van der Waals surface area contributed by atoms with Gasteiger partial charge >= 0.3 is 0 Å². The summed E-state index contributed by atoms with van der Waals surface area (Å²) in [6.45, 7) is 5.16. The molecule has 0 radical (unpaired) electrons. The summed E-state index contributed by atoms with van der Waals surface area (Å²) in [6, 6.07) is 19.4. The fourth-order valence-corrected chi connectivity index (χ4v) is 3.91. The van der Waals surface area contributed by atoms with Crippen LogP contribution in [-0.2, 0) is 11.2 Å². The minimum Gasteiger partial charge on any atom is -0.377 e. The molecule has 0 atom stereocenters. The summed E-state index contributed by atoms with van der Waals surface area (Å²) < 4.78 is 5.43. The lowest BCUT2D eigenvalue weighted by molar-refractivity contribution is 0.157. The first-order valence-electron chi connectivity index (χ1n) is 10.8. The number of nitrogens with zero attached hydrogens (tertiary/aromatic N) is 2. The van der Waals surface area contributed by atoms with Crippen molar-refractivity contribution >= 4 is 21.8 Å². The fourth-order valence-electron chi connectivity index (χ4n) is 3.91. The van der Waals surface area contributed by atoms with E-state index in [1.807, 2.05) is 18.5 Å². The van der Waals surface area contributed by atoms with E-state index in [9.17, 15) is 0 Å². The van der Waals surface area contributed by atoms with Crippen molar-refractivity contribution in [1.29, 1.82) is 0 Å². The molecule has 0 aliphatic rings. The number of hydrogen-bond donors (Lipinski definition) is 0. The quantitative estimate of drug-likeness (QED) is 0.169. The van der Waals surface area contributed by atoms with E-state index in [1.165, 1.54) is 36.0 Å². The normalized spacial score (nSPS) is 11.2. The average molecular weight is 397 g/mol. The molecule has 0 spiro atoms. The molecule has 0 aliphatic carbocycles. The van der Waals surface area contributed by atoms with Gasteiger partial charge in [0.05, 0.1) is 17.6 Å². The molecule has 0 bridgehead atoms. The first-order chi connectivity index (χ1) is 14.9. The van der Waals surface area contributed by atoms with Gasteiger partial charge in [-0.2, -0.15) is 0 Å². The summed E-state index contributed by atoms with van der Waals surface area (Å²) in [7, 11) is 0. The van der Waals surface area contributed by atoms with E-state index in [2.05, 4.69) is 65.1 Å². The third-order valence-corrected chi connectivity index (χ3v) is 5.49. The molecule has 2 aromatic carbocycles. The number of ether oxygens (including phenoxy) is 1. The highest BCUT2D eigenvalue weighted by molar-refractivity contribution is 6.07. The van der Waals surface area contributed by atoms with Crippen LogP contribution in [0.3, 0.4) is 0 Å². The molecule has 0 unspecified atom stereocenters. The summed E-state index contributed by atoms with van der Waals surface area (Å²) in [5.41, 5.74) is 5.75. The van der Waals surface area contributed by atoms with Crippen LogP contribution in [0.1, 0.15) is 31.2 Å². The maximum Gasteiger partial charge on any atom is 0.0970 e. The Labute approximate surface area is 178 Å². The van der Waals surface area contributed by atoms with Gasteiger partial charge in [-0.15, -0.1) is 6.58 Å².